The molecule has 1 aliphatic heterocycles. The Morgan fingerprint density at radius 1 is 1.45 bits per heavy atom. The molecule has 1 aromatic heterocycles. The molecule has 0 spiro atoms. The molecule has 8 nitrogen and oxygen atoms in total. The fourth-order valence-electron chi connectivity index (χ4n) is 2.11. The van der Waals surface area contributed by atoms with Gasteiger partial charge in [0.05, 0.1) is 5.41 Å². The van der Waals surface area contributed by atoms with Crippen LogP contribution in [0, 0.1) is 5.41 Å². The number of aromatic nitrogens is 3. The lowest BCUT2D eigenvalue weighted by molar-refractivity contribution is -0.154. The number of nitrogens with one attached hydrogen (secondary N) is 2. The van der Waals surface area contributed by atoms with Gasteiger partial charge in [0.15, 0.2) is 0 Å². The van der Waals surface area contributed by atoms with Gasteiger partial charge in [-0.15, -0.1) is 5.10 Å². The highest BCUT2D eigenvalue weighted by Crippen LogP contribution is 2.30. The summed E-state index contributed by atoms with van der Waals surface area (Å²) in [6.45, 7) is 2.73. The minimum atomic E-state index is -0.961. The van der Waals surface area contributed by atoms with Crippen LogP contribution in [0.1, 0.15) is 36.2 Å². The highest BCUT2D eigenvalue weighted by Gasteiger charge is 2.40. The van der Waals surface area contributed by atoms with Gasteiger partial charge in [-0.25, -0.2) is 4.98 Å². The predicted molar refractivity (Wildman–Crippen MR) is 68.2 cm³/mol. The Morgan fingerprint density at radius 3 is 2.70 bits per heavy atom. The molecule has 20 heavy (non-hydrogen) atoms. The van der Waals surface area contributed by atoms with Crippen molar-refractivity contribution in [2.45, 2.75) is 26.2 Å². The van der Waals surface area contributed by atoms with Gasteiger partial charge in [-0.05, 0) is 12.8 Å². The molecular weight excluding hydrogens is 264 g/mol. The largest absolute Gasteiger partial charge is 0.481 e. The van der Waals surface area contributed by atoms with Crippen LogP contribution < -0.4 is 5.32 Å². The number of amides is 1. The molecule has 110 valence electrons. The van der Waals surface area contributed by atoms with Gasteiger partial charge < -0.3 is 15.2 Å². The molecule has 8 heteroatoms. The number of carboxylic acid groups (broad SMARTS) is 1. The number of hydrogen-bond acceptors (Lipinski definition) is 5. The molecule has 0 aliphatic carbocycles. The standard InChI is InChI=1S/C12H18N4O4/c1-2-8-14-9(16-15-8)10(17)13-7-12(11(18)19)3-5-20-6-4-12/h2-7H2,1H3,(H,13,17)(H,18,19)(H,14,15,16). The van der Waals surface area contributed by atoms with Crippen molar-refractivity contribution < 1.29 is 19.4 Å². The van der Waals surface area contributed by atoms with Crippen LogP contribution >= 0.6 is 0 Å². The number of aryl methyl sites for hydroxylation is 1. The van der Waals surface area contributed by atoms with E-state index in [0.29, 0.717) is 38.3 Å². The van der Waals surface area contributed by atoms with Crippen molar-refractivity contribution in [3.63, 3.8) is 0 Å². The van der Waals surface area contributed by atoms with Crippen molar-refractivity contribution in [1.82, 2.24) is 20.5 Å². The summed E-state index contributed by atoms with van der Waals surface area (Å²) in [6, 6.07) is 0. The van der Waals surface area contributed by atoms with Gasteiger partial charge in [-0.3, -0.25) is 14.7 Å². The van der Waals surface area contributed by atoms with Crippen molar-refractivity contribution >= 4 is 11.9 Å². The monoisotopic (exact) mass is 282 g/mol. The average molecular weight is 282 g/mol. The van der Waals surface area contributed by atoms with E-state index < -0.39 is 17.3 Å². The number of aromatic amines is 1. The molecule has 0 saturated carbocycles. The van der Waals surface area contributed by atoms with E-state index >= 15 is 0 Å². The molecular formula is C12H18N4O4. The van der Waals surface area contributed by atoms with Crippen molar-refractivity contribution in [3.05, 3.63) is 11.6 Å². The number of aliphatic carboxylic acids is 1. The zero-order valence-corrected chi connectivity index (χ0v) is 11.3. The fraction of sp³-hybridized carbons (Fsp3) is 0.667. The number of ether oxygens (including phenoxy) is 1. The first-order valence-electron chi connectivity index (χ1n) is 6.58. The number of hydrogen-bond donors (Lipinski definition) is 3. The Labute approximate surface area is 115 Å². The number of carbonyl (C=O) groups is 2. The molecule has 1 fully saturated rings. The minimum absolute atomic E-state index is 0.0365. The zero-order chi connectivity index (χ0) is 14.6. The van der Waals surface area contributed by atoms with Crippen molar-refractivity contribution in [2.75, 3.05) is 19.8 Å². The van der Waals surface area contributed by atoms with E-state index in [1.165, 1.54) is 0 Å². The molecule has 2 rings (SSSR count). The smallest absolute Gasteiger partial charge is 0.311 e. The Balaban J connectivity index is 1.98. The second kappa shape index (κ2) is 6.00. The van der Waals surface area contributed by atoms with Gasteiger partial charge >= 0.3 is 5.97 Å². The zero-order valence-electron chi connectivity index (χ0n) is 11.3. The second-order valence-electron chi connectivity index (χ2n) is 4.84. The van der Waals surface area contributed by atoms with E-state index in [0.717, 1.165) is 0 Å². The molecule has 2 heterocycles. The van der Waals surface area contributed by atoms with Crippen molar-refractivity contribution in [1.29, 1.82) is 0 Å². The quantitative estimate of drug-likeness (QED) is 0.698. The van der Waals surface area contributed by atoms with Crippen LogP contribution in [0.25, 0.3) is 0 Å². The van der Waals surface area contributed by atoms with Crippen LogP contribution in [0.3, 0.4) is 0 Å². The first-order valence-corrected chi connectivity index (χ1v) is 6.58. The maximum Gasteiger partial charge on any atom is 0.311 e. The second-order valence-corrected chi connectivity index (χ2v) is 4.84. The lowest BCUT2D eigenvalue weighted by atomic mass is 9.80. The highest BCUT2D eigenvalue weighted by molar-refractivity contribution is 5.90. The van der Waals surface area contributed by atoms with Crippen LogP contribution in [-0.2, 0) is 16.0 Å². The SMILES string of the molecule is CCc1nc(C(=O)NCC2(C(=O)O)CCOCC2)n[nH]1. The molecule has 0 bridgehead atoms. The third kappa shape index (κ3) is 2.96. The molecule has 3 N–H and O–H groups in total. The molecule has 1 aliphatic rings. The summed E-state index contributed by atoms with van der Waals surface area (Å²) in [5.74, 6) is -0.720. The third-order valence-electron chi connectivity index (χ3n) is 3.56. The Bertz CT molecular complexity index is 493. The number of H-pyrrole nitrogens is 1. The summed E-state index contributed by atoms with van der Waals surface area (Å²) < 4.78 is 5.18. The van der Waals surface area contributed by atoms with Crippen LogP contribution in [0.15, 0.2) is 0 Å². The molecule has 0 radical (unpaired) electrons. The van der Waals surface area contributed by atoms with E-state index in [2.05, 4.69) is 20.5 Å². The van der Waals surface area contributed by atoms with E-state index in [1.807, 2.05) is 6.92 Å². The first-order chi connectivity index (χ1) is 9.57. The summed E-state index contributed by atoms with van der Waals surface area (Å²) in [5.41, 5.74) is -0.961. The highest BCUT2D eigenvalue weighted by atomic mass is 16.5. The first kappa shape index (κ1) is 14.4. The maximum atomic E-state index is 11.9. The van der Waals surface area contributed by atoms with Crippen LogP contribution in [0.5, 0.6) is 0 Å². The molecule has 0 unspecified atom stereocenters. The van der Waals surface area contributed by atoms with Gasteiger partial charge in [0, 0.05) is 26.2 Å². The minimum Gasteiger partial charge on any atom is -0.481 e. The van der Waals surface area contributed by atoms with Gasteiger partial charge in [0.1, 0.15) is 5.82 Å². The lowest BCUT2D eigenvalue weighted by Gasteiger charge is -2.32. The summed E-state index contributed by atoms with van der Waals surface area (Å²) in [4.78, 5) is 27.3. The van der Waals surface area contributed by atoms with Gasteiger partial charge in [0.25, 0.3) is 5.91 Å². The van der Waals surface area contributed by atoms with E-state index in [1.54, 1.807) is 0 Å². The average Bonchev–Trinajstić information content (AvgIpc) is 2.94. The molecule has 0 aromatic carbocycles. The van der Waals surface area contributed by atoms with E-state index in [4.69, 9.17) is 4.74 Å². The maximum absolute atomic E-state index is 11.9. The summed E-state index contributed by atoms with van der Waals surface area (Å²) in [5, 5.41) is 18.4. The van der Waals surface area contributed by atoms with Gasteiger partial charge in [0.2, 0.25) is 5.82 Å². The fourth-order valence-corrected chi connectivity index (χ4v) is 2.11. The predicted octanol–water partition coefficient (Wildman–Crippen LogP) is -0.0217. The summed E-state index contributed by atoms with van der Waals surface area (Å²) >= 11 is 0. The van der Waals surface area contributed by atoms with E-state index in [9.17, 15) is 14.7 Å². The number of nitrogens with zero attached hydrogens (tertiary/aromatic N) is 2. The van der Waals surface area contributed by atoms with Crippen LogP contribution in [-0.4, -0.2) is 51.9 Å². The normalized spacial score (nSPS) is 17.6. The molecule has 0 atom stereocenters. The van der Waals surface area contributed by atoms with Crippen molar-refractivity contribution in [2.24, 2.45) is 5.41 Å². The Kier molecular flexibility index (Phi) is 4.33. The Hall–Kier alpha value is -1.96. The molecule has 1 amide bonds. The van der Waals surface area contributed by atoms with E-state index in [-0.39, 0.29) is 12.4 Å². The summed E-state index contributed by atoms with van der Waals surface area (Å²) in [6.07, 6.45) is 1.42. The third-order valence-corrected chi connectivity index (χ3v) is 3.56. The van der Waals surface area contributed by atoms with Crippen molar-refractivity contribution in [3.8, 4) is 0 Å². The Morgan fingerprint density at radius 2 is 2.15 bits per heavy atom. The van der Waals surface area contributed by atoms with Crippen LogP contribution in [0.4, 0.5) is 0 Å². The molecule has 1 aromatic rings. The number of carboxylic acids is 1. The topological polar surface area (TPSA) is 117 Å². The summed E-state index contributed by atoms with van der Waals surface area (Å²) in [7, 11) is 0. The molecule has 1 saturated heterocycles. The van der Waals surface area contributed by atoms with Gasteiger partial charge in [-0.2, -0.15) is 0 Å². The lowest BCUT2D eigenvalue weighted by Crippen LogP contribution is -2.46. The van der Waals surface area contributed by atoms with Gasteiger partial charge in [-0.1, -0.05) is 6.92 Å². The van der Waals surface area contributed by atoms with Crippen LogP contribution in [0.2, 0.25) is 0 Å². The number of rotatable bonds is 5. The number of carbonyl (C=O) groups excluding carboxylic acids is 1.